The Morgan fingerprint density at radius 2 is 2.13 bits per heavy atom. The van der Waals surface area contributed by atoms with Crippen LogP contribution < -0.4 is 10.5 Å². The first-order valence-corrected chi connectivity index (χ1v) is 5.56. The maximum absolute atomic E-state index is 5.95. The normalized spacial score (nSPS) is 16.7. The van der Waals surface area contributed by atoms with Gasteiger partial charge in [0.25, 0.3) is 0 Å². The van der Waals surface area contributed by atoms with Crippen molar-refractivity contribution in [2.75, 3.05) is 6.61 Å². The van der Waals surface area contributed by atoms with Gasteiger partial charge in [0.1, 0.15) is 12.4 Å². The molecule has 0 unspecified atom stereocenters. The Morgan fingerprint density at radius 1 is 1.47 bits per heavy atom. The lowest BCUT2D eigenvalue weighted by molar-refractivity contribution is 0.277. The molecule has 15 heavy (non-hydrogen) atoms. The quantitative estimate of drug-likeness (QED) is 0.929. The Kier molecular flexibility index (Phi) is 4.04. The summed E-state index contributed by atoms with van der Waals surface area (Å²) in [6.45, 7) is 2.67. The van der Waals surface area contributed by atoms with Gasteiger partial charge in [-0.2, -0.15) is 0 Å². The molecule has 2 rings (SSSR count). The van der Waals surface area contributed by atoms with E-state index in [-0.39, 0.29) is 17.9 Å². The highest BCUT2D eigenvalue weighted by molar-refractivity contribution is 9.10. The van der Waals surface area contributed by atoms with Crippen molar-refractivity contribution in [2.24, 2.45) is 5.73 Å². The molecule has 0 bridgehead atoms. The summed E-state index contributed by atoms with van der Waals surface area (Å²) in [5.74, 6) is 0.927. The van der Waals surface area contributed by atoms with Crippen LogP contribution in [0.5, 0.6) is 5.75 Å². The summed E-state index contributed by atoms with van der Waals surface area (Å²) in [6.07, 6.45) is 2.17. The van der Waals surface area contributed by atoms with Gasteiger partial charge in [-0.15, -0.1) is 12.4 Å². The number of hydrogen-bond donors (Lipinski definition) is 1. The highest BCUT2D eigenvalue weighted by Gasteiger charge is 2.39. The molecule has 2 N–H and O–H groups in total. The molecule has 0 heterocycles. The van der Waals surface area contributed by atoms with Gasteiger partial charge in [0.15, 0.2) is 0 Å². The molecule has 1 aliphatic carbocycles. The lowest BCUT2D eigenvalue weighted by Gasteiger charge is -2.13. The molecule has 1 aromatic carbocycles. The first kappa shape index (κ1) is 12.8. The first-order chi connectivity index (χ1) is 6.59. The fourth-order valence-corrected chi connectivity index (χ4v) is 1.60. The van der Waals surface area contributed by atoms with Crippen LogP contribution in [0.4, 0.5) is 0 Å². The molecule has 0 radical (unpaired) electrons. The van der Waals surface area contributed by atoms with Gasteiger partial charge >= 0.3 is 0 Å². The molecular formula is C11H15BrClNO. The summed E-state index contributed by atoms with van der Waals surface area (Å²) in [5.41, 5.74) is 7.05. The summed E-state index contributed by atoms with van der Waals surface area (Å²) >= 11 is 3.42. The lowest BCUT2D eigenvalue weighted by atomic mass is 10.2. The van der Waals surface area contributed by atoms with E-state index in [1.807, 2.05) is 25.1 Å². The van der Waals surface area contributed by atoms with E-state index in [9.17, 15) is 0 Å². The van der Waals surface area contributed by atoms with Gasteiger partial charge in [0.2, 0.25) is 0 Å². The number of nitrogens with two attached hydrogens (primary N) is 1. The molecule has 0 amide bonds. The van der Waals surface area contributed by atoms with Crippen molar-refractivity contribution in [1.29, 1.82) is 0 Å². The Bertz CT molecular complexity index is 352. The molecule has 0 saturated heterocycles. The fourth-order valence-electron chi connectivity index (χ4n) is 1.26. The van der Waals surface area contributed by atoms with E-state index in [2.05, 4.69) is 15.9 Å². The van der Waals surface area contributed by atoms with Crippen LogP contribution in [-0.2, 0) is 0 Å². The molecule has 0 spiro atoms. The second kappa shape index (κ2) is 4.73. The van der Waals surface area contributed by atoms with E-state index in [1.165, 1.54) is 0 Å². The molecule has 1 saturated carbocycles. The molecule has 1 aromatic rings. The minimum absolute atomic E-state index is 0. The van der Waals surface area contributed by atoms with Gasteiger partial charge < -0.3 is 10.5 Å². The second-order valence-electron chi connectivity index (χ2n) is 4.06. The van der Waals surface area contributed by atoms with E-state index in [0.717, 1.165) is 28.6 Å². The molecular weight excluding hydrogens is 277 g/mol. The van der Waals surface area contributed by atoms with Gasteiger partial charge in [-0.1, -0.05) is 22.0 Å². The van der Waals surface area contributed by atoms with Crippen LogP contribution in [0.25, 0.3) is 0 Å². The molecule has 1 aliphatic rings. The third-order valence-corrected chi connectivity index (χ3v) is 3.05. The number of rotatable bonds is 3. The topological polar surface area (TPSA) is 35.2 Å². The molecule has 0 aliphatic heterocycles. The third kappa shape index (κ3) is 3.37. The molecule has 4 heteroatoms. The molecule has 0 aromatic heterocycles. The molecule has 1 fully saturated rings. The minimum Gasteiger partial charge on any atom is -0.491 e. The summed E-state index contributed by atoms with van der Waals surface area (Å²) in [4.78, 5) is 0. The molecule has 2 nitrogen and oxygen atoms in total. The lowest BCUT2D eigenvalue weighted by Crippen LogP contribution is -2.29. The zero-order valence-electron chi connectivity index (χ0n) is 8.63. The number of ether oxygens (including phenoxy) is 1. The number of hydrogen-bond acceptors (Lipinski definition) is 2. The predicted molar refractivity (Wildman–Crippen MR) is 67.8 cm³/mol. The summed E-state index contributed by atoms with van der Waals surface area (Å²) in [6, 6.07) is 6.04. The van der Waals surface area contributed by atoms with Crippen LogP contribution in [0, 0.1) is 6.92 Å². The van der Waals surface area contributed by atoms with E-state index in [0.29, 0.717) is 6.61 Å². The highest BCUT2D eigenvalue weighted by Crippen LogP contribution is 2.33. The van der Waals surface area contributed by atoms with Crippen molar-refractivity contribution in [1.82, 2.24) is 0 Å². The summed E-state index contributed by atoms with van der Waals surface area (Å²) in [5, 5.41) is 0. The maximum Gasteiger partial charge on any atom is 0.123 e. The van der Waals surface area contributed by atoms with Crippen LogP contribution in [0.15, 0.2) is 22.7 Å². The SMILES string of the molecule is Cc1ccc(Br)cc1OCC1(N)CC1.Cl. The smallest absolute Gasteiger partial charge is 0.123 e. The minimum atomic E-state index is -0.0469. The van der Waals surface area contributed by atoms with Crippen LogP contribution in [0.3, 0.4) is 0 Å². The number of aryl methyl sites for hydroxylation is 1. The number of halogens is 2. The highest BCUT2D eigenvalue weighted by atomic mass is 79.9. The zero-order chi connectivity index (χ0) is 10.2. The van der Waals surface area contributed by atoms with E-state index in [4.69, 9.17) is 10.5 Å². The van der Waals surface area contributed by atoms with Crippen molar-refractivity contribution in [2.45, 2.75) is 25.3 Å². The van der Waals surface area contributed by atoms with Gasteiger partial charge in [-0.3, -0.25) is 0 Å². The Morgan fingerprint density at radius 3 is 2.73 bits per heavy atom. The van der Waals surface area contributed by atoms with Crippen LogP contribution in [-0.4, -0.2) is 12.1 Å². The maximum atomic E-state index is 5.95. The Hall–Kier alpha value is -0.250. The Labute approximate surface area is 105 Å². The van der Waals surface area contributed by atoms with Crippen LogP contribution >= 0.6 is 28.3 Å². The predicted octanol–water partition coefficient (Wildman–Crippen LogP) is 3.05. The summed E-state index contributed by atoms with van der Waals surface area (Å²) in [7, 11) is 0. The van der Waals surface area contributed by atoms with Gasteiger partial charge in [-0.25, -0.2) is 0 Å². The standard InChI is InChI=1S/C11H14BrNO.ClH/c1-8-2-3-9(12)6-10(8)14-7-11(13)4-5-11;/h2-3,6H,4-5,7,13H2,1H3;1H. The molecule has 84 valence electrons. The largest absolute Gasteiger partial charge is 0.491 e. The average molecular weight is 293 g/mol. The van der Waals surface area contributed by atoms with E-state index >= 15 is 0 Å². The zero-order valence-corrected chi connectivity index (χ0v) is 11.0. The number of benzene rings is 1. The van der Waals surface area contributed by atoms with Crippen LogP contribution in [0.1, 0.15) is 18.4 Å². The van der Waals surface area contributed by atoms with Crippen molar-refractivity contribution in [3.63, 3.8) is 0 Å². The Balaban J connectivity index is 0.00000112. The second-order valence-corrected chi connectivity index (χ2v) is 4.98. The van der Waals surface area contributed by atoms with Crippen molar-refractivity contribution in [3.05, 3.63) is 28.2 Å². The third-order valence-electron chi connectivity index (χ3n) is 2.56. The van der Waals surface area contributed by atoms with Crippen molar-refractivity contribution >= 4 is 28.3 Å². The first-order valence-electron chi connectivity index (χ1n) is 4.77. The van der Waals surface area contributed by atoms with Gasteiger partial charge in [0.05, 0.1) is 5.54 Å². The van der Waals surface area contributed by atoms with Gasteiger partial charge in [-0.05, 0) is 37.5 Å². The fraction of sp³-hybridized carbons (Fsp3) is 0.455. The van der Waals surface area contributed by atoms with E-state index in [1.54, 1.807) is 0 Å². The van der Waals surface area contributed by atoms with Crippen molar-refractivity contribution in [3.8, 4) is 5.75 Å². The van der Waals surface area contributed by atoms with Crippen LogP contribution in [0.2, 0.25) is 0 Å². The monoisotopic (exact) mass is 291 g/mol. The molecule has 0 atom stereocenters. The van der Waals surface area contributed by atoms with Crippen molar-refractivity contribution < 1.29 is 4.74 Å². The average Bonchev–Trinajstić information content (AvgIpc) is 2.87. The summed E-state index contributed by atoms with van der Waals surface area (Å²) < 4.78 is 6.73. The van der Waals surface area contributed by atoms with E-state index < -0.39 is 0 Å². The van der Waals surface area contributed by atoms with Gasteiger partial charge in [0, 0.05) is 4.47 Å².